The number of pyridine rings is 1. The minimum atomic E-state index is -0.581. The van der Waals surface area contributed by atoms with Gasteiger partial charge in [-0.2, -0.15) is 4.73 Å². The number of ether oxygens (including phenoxy) is 1. The second-order valence-electron chi connectivity index (χ2n) is 5.04. The van der Waals surface area contributed by atoms with Crippen LogP contribution < -0.4 is 10.0 Å². The van der Waals surface area contributed by atoms with Crippen LogP contribution in [0, 0.1) is 11.0 Å². The highest BCUT2D eigenvalue weighted by Gasteiger charge is 2.11. The molecule has 1 heterocycles. The van der Waals surface area contributed by atoms with Crippen LogP contribution in [-0.4, -0.2) is 30.8 Å². The van der Waals surface area contributed by atoms with Gasteiger partial charge in [-0.1, -0.05) is 12.1 Å². The van der Waals surface area contributed by atoms with Gasteiger partial charge in [0.05, 0.1) is 0 Å². The minimum absolute atomic E-state index is 0.0604. The van der Waals surface area contributed by atoms with Gasteiger partial charge in [-0.3, -0.25) is 9.59 Å². The van der Waals surface area contributed by atoms with Gasteiger partial charge in [0, 0.05) is 18.7 Å². The summed E-state index contributed by atoms with van der Waals surface area (Å²) in [5, 5.41) is 14.4. The zero-order valence-electron chi connectivity index (χ0n) is 13.3. The molecule has 0 saturated heterocycles. The summed E-state index contributed by atoms with van der Waals surface area (Å²) in [5.41, 5.74) is 0.892. The number of carbonyl (C=O) groups is 2. The van der Waals surface area contributed by atoms with E-state index >= 15 is 0 Å². The SMILES string of the molecule is O=C(COC(=O)CSc1cccc[n+]1[O-])NCCc1ccc(F)cc1. The van der Waals surface area contributed by atoms with E-state index in [4.69, 9.17) is 4.74 Å². The third-order valence-corrected chi connectivity index (χ3v) is 4.13. The smallest absolute Gasteiger partial charge is 0.317 e. The Labute approximate surface area is 148 Å². The van der Waals surface area contributed by atoms with E-state index in [1.165, 1.54) is 18.3 Å². The van der Waals surface area contributed by atoms with Crippen molar-refractivity contribution < 1.29 is 23.4 Å². The van der Waals surface area contributed by atoms with Crippen LogP contribution in [0.4, 0.5) is 4.39 Å². The molecule has 1 N–H and O–H groups in total. The summed E-state index contributed by atoms with van der Waals surface area (Å²) < 4.78 is 18.3. The number of amides is 1. The monoisotopic (exact) mass is 364 g/mol. The molecule has 0 fully saturated rings. The summed E-state index contributed by atoms with van der Waals surface area (Å²) >= 11 is 1.04. The van der Waals surface area contributed by atoms with E-state index in [9.17, 15) is 19.2 Å². The molecule has 2 aromatic rings. The summed E-state index contributed by atoms with van der Waals surface area (Å²) in [6, 6.07) is 10.9. The van der Waals surface area contributed by atoms with Crippen molar-refractivity contribution in [2.75, 3.05) is 18.9 Å². The van der Waals surface area contributed by atoms with Crippen molar-refractivity contribution in [1.82, 2.24) is 5.32 Å². The minimum Gasteiger partial charge on any atom is -0.618 e. The number of esters is 1. The first-order valence-corrected chi connectivity index (χ1v) is 8.51. The number of carbonyl (C=O) groups excluding carboxylic acids is 2. The molecule has 0 atom stereocenters. The van der Waals surface area contributed by atoms with Gasteiger partial charge in [-0.25, -0.2) is 4.39 Å². The highest BCUT2D eigenvalue weighted by Crippen LogP contribution is 2.12. The summed E-state index contributed by atoms with van der Waals surface area (Å²) in [5.74, 6) is -1.37. The maximum Gasteiger partial charge on any atom is 0.317 e. The lowest BCUT2D eigenvalue weighted by Crippen LogP contribution is -2.31. The van der Waals surface area contributed by atoms with Crippen LogP contribution in [0.1, 0.15) is 5.56 Å². The van der Waals surface area contributed by atoms with Gasteiger partial charge in [0.1, 0.15) is 11.6 Å². The fraction of sp³-hybridized carbons (Fsp3) is 0.235. The molecule has 0 saturated carbocycles. The number of benzene rings is 1. The summed E-state index contributed by atoms with van der Waals surface area (Å²) in [6.07, 6.45) is 1.88. The van der Waals surface area contributed by atoms with Crippen molar-refractivity contribution in [3.8, 4) is 0 Å². The third-order valence-electron chi connectivity index (χ3n) is 3.14. The normalized spacial score (nSPS) is 10.3. The van der Waals surface area contributed by atoms with E-state index in [1.54, 1.807) is 30.3 Å². The maximum atomic E-state index is 12.8. The van der Waals surface area contributed by atoms with Crippen LogP contribution in [0.2, 0.25) is 0 Å². The molecule has 25 heavy (non-hydrogen) atoms. The average molecular weight is 364 g/mol. The number of thioether (sulfide) groups is 1. The molecule has 1 aromatic heterocycles. The van der Waals surface area contributed by atoms with E-state index in [-0.39, 0.29) is 18.2 Å². The van der Waals surface area contributed by atoms with Crippen molar-refractivity contribution in [3.05, 3.63) is 65.2 Å². The number of rotatable bonds is 8. The lowest BCUT2D eigenvalue weighted by Gasteiger charge is -2.07. The van der Waals surface area contributed by atoms with Gasteiger partial charge in [0.25, 0.3) is 10.9 Å². The molecule has 1 aromatic carbocycles. The predicted octanol–water partition coefficient (Wildman–Crippen LogP) is 1.45. The van der Waals surface area contributed by atoms with Gasteiger partial charge < -0.3 is 15.3 Å². The van der Waals surface area contributed by atoms with E-state index in [0.717, 1.165) is 17.3 Å². The zero-order valence-corrected chi connectivity index (χ0v) is 14.1. The molecule has 0 aliphatic heterocycles. The molecule has 0 unspecified atom stereocenters. The number of hydrogen-bond donors (Lipinski definition) is 1. The van der Waals surface area contributed by atoms with Crippen LogP contribution in [0.5, 0.6) is 0 Å². The van der Waals surface area contributed by atoms with Gasteiger partial charge >= 0.3 is 5.97 Å². The molecule has 0 radical (unpaired) electrons. The molecule has 0 spiro atoms. The molecule has 6 nitrogen and oxygen atoms in total. The standard InChI is InChI=1S/C17H17FN2O4S/c18-14-6-4-13(5-7-14)8-9-19-15(21)11-24-17(22)12-25-16-3-1-2-10-20(16)23/h1-7,10H,8-9,11-12H2,(H,19,21). The highest BCUT2D eigenvalue weighted by atomic mass is 32.2. The molecule has 0 aliphatic rings. The van der Waals surface area contributed by atoms with Crippen molar-refractivity contribution in [2.24, 2.45) is 0 Å². The Hall–Kier alpha value is -2.61. The lowest BCUT2D eigenvalue weighted by atomic mass is 10.1. The van der Waals surface area contributed by atoms with Gasteiger partial charge in [0.15, 0.2) is 12.8 Å². The quantitative estimate of drug-likeness (QED) is 0.332. The predicted molar refractivity (Wildman–Crippen MR) is 90.2 cm³/mol. The van der Waals surface area contributed by atoms with Gasteiger partial charge in [-0.05, 0) is 41.9 Å². The molecular formula is C17H17FN2O4S. The molecule has 1 amide bonds. The Bertz CT molecular complexity index is 725. The summed E-state index contributed by atoms with van der Waals surface area (Å²) in [4.78, 5) is 23.2. The second-order valence-corrected chi connectivity index (χ2v) is 6.04. The van der Waals surface area contributed by atoms with E-state index in [2.05, 4.69) is 5.32 Å². The van der Waals surface area contributed by atoms with Gasteiger partial charge in [0.2, 0.25) is 0 Å². The number of halogens is 1. The fourth-order valence-electron chi connectivity index (χ4n) is 1.89. The van der Waals surface area contributed by atoms with Crippen molar-refractivity contribution in [3.63, 3.8) is 0 Å². The number of hydrogen-bond acceptors (Lipinski definition) is 5. The van der Waals surface area contributed by atoms with E-state index < -0.39 is 11.9 Å². The number of nitrogens with one attached hydrogen (secondary N) is 1. The first-order chi connectivity index (χ1) is 12.0. The van der Waals surface area contributed by atoms with Crippen molar-refractivity contribution >= 4 is 23.6 Å². The largest absolute Gasteiger partial charge is 0.618 e. The van der Waals surface area contributed by atoms with E-state index in [0.29, 0.717) is 22.7 Å². The molecule has 0 aliphatic carbocycles. The Morgan fingerprint density at radius 1 is 1.20 bits per heavy atom. The van der Waals surface area contributed by atoms with Crippen LogP contribution in [0.25, 0.3) is 0 Å². The number of nitrogens with zero attached hydrogens (tertiary/aromatic N) is 1. The molecule has 2 rings (SSSR count). The van der Waals surface area contributed by atoms with Crippen molar-refractivity contribution in [2.45, 2.75) is 11.4 Å². The molecule has 0 bridgehead atoms. The fourth-order valence-corrected chi connectivity index (χ4v) is 2.61. The van der Waals surface area contributed by atoms with Gasteiger partial charge in [-0.15, -0.1) is 0 Å². The van der Waals surface area contributed by atoms with Crippen LogP contribution in [-0.2, 0) is 20.7 Å². The summed E-state index contributed by atoms with van der Waals surface area (Å²) in [7, 11) is 0. The Balaban J connectivity index is 1.61. The summed E-state index contributed by atoms with van der Waals surface area (Å²) in [6.45, 7) is -0.0219. The lowest BCUT2D eigenvalue weighted by molar-refractivity contribution is -0.645. The van der Waals surface area contributed by atoms with Crippen LogP contribution >= 0.6 is 11.8 Å². The molecule has 132 valence electrons. The van der Waals surface area contributed by atoms with E-state index in [1.807, 2.05) is 0 Å². The Morgan fingerprint density at radius 2 is 1.96 bits per heavy atom. The van der Waals surface area contributed by atoms with Crippen molar-refractivity contribution in [1.29, 1.82) is 0 Å². The second kappa shape index (κ2) is 9.63. The Kier molecular flexibility index (Phi) is 7.21. The molecule has 8 heteroatoms. The third kappa shape index (κ3) is 6.80. The topological polar surface area (TPSA) is 82.3 Å². The average Bonchev–Trinajstić information content (AvgIpc) is 2.61. The molecular weight excluding hydrogens is 347 g/mol. The zero-order chi connectivity index (χ0) is 18.1. The highest BCUT2D eigenvalue weighted by molar-refractivity contribution is 7.99. The maximum absolute atomic E-state index is 12.8. The van der Waals surface area contributed by atoms with Crippen LogP contribution in [0.15, 0.2) is 53.7 Å². The van der Waals surface area contributed by atoms with Crippen LogP contribution in [0.3, 0.4) is 0 Å². The first kappa shape index (κ1) is 18.7. The number of aromatic nitrogens is 1. The first-order valence-electron chi connectivity index (χ1n) is 7.52. The Morgan fingerprint density at radius 3 is 2.68 bits per heavy atom.